The summed E-state index contributed by atoms with van der Waals surface area (Å²) in [4.78, 5) is 12.6. The van der Waals surface area contributed by atoms with Crippen LogP contribution in [0.2, 0.25) is 0 Å². The smallest absolute Gasteiger partial charge is 0.261 e. The first-order valence-corrected chi connectivity index (χ1v) is 11.3. The van der Waals surface area contributed by atoms with Crippen LogP contribution in [0.5, 0.6) is 5.75 Å². The van der Waals surface area contributed by atoms with E-state index in [1.165, 1.54) is 19.2 Å². The average Bonchev–Trinajstić information content (AvgIpc) is 2.73. The number of carbonyl (C=O) groups is 1. The van der Waals surface area contributed by atoms with Gasteiger partial charge in [-0.25, -0.2) is 8.42 Å². The molecule has 0 radical (unpaired) electrons. The standard InChI is InChI=1S/C24H26N2O4S/c1-24(2,3)18-10-8-17(9-11-18)23(27)25-19-12-14-22(15-13-19)31(28,29)26-20-6-5-7-21(16-20)30-4/h5-16,26H,1-4H3,(H,25,27). The molecule has 162 valence electrons. The number of carbonyl (C=O) groups excluding carboxylic acids is 1. The summed E-state index contributed by atoms with van der Waals surface area (Å²) in [6.45, 7) is 6.34. The van der Waals surface area contributed by atoms with E-state index in [0.717, 1.165) is 5.56 Å². The highest BCUT2D eigenvalue weighted by molar-refractivity contribution is 7.92. The van der Waals surface area contributed by atoms with Crippen molar-refractivity contribution in [1.82, 2.24) is 0 Å². The SMILES string of the molecule is COc1cccc(NS(=O)(=O)c2ccc(NC(=O)c3ccc(C(C)(C)C)cc3)cc2)c1. The van der Waals surface area contributed by atoms with E-state index >= 15 is 0 Å². The van der Waals surface area contributed by atoms with Crippen molar-refractivity contribution >= 4 is 27.3 Å². The van der Waals surface area contributed by atoms with E-state index < -0.39 is 10.0 Å². The van der Waals surface area contributed by atoms with Gasteiger partial charge in [0, 0.05) is 17.3 Å². The number of hydrogen-bond acceptors (Lipinski definition) is 4. The van der Waals surface area contributed by atoms with Crippen LogP contribution in [0.1, 0.15) is 36.7 Å². The van der Waals surface area contributed by atoms with Gasteiger partial charge in [-0.1, -0.05) is 39.0 Å². The summed E-state index contributed by atoms with van der Waals surface area (Å²) in [6, 6.07) is 20.1. The molecule has 0 atom stereocenters. The monoisotopic (exact) mass is 438 g/mol. The summed E-state index contributed by atoms with van der Waals surface area (Å²) in [5.74, 6) is 0.291. The molecule has 0 bridgehead atoms. The van der Waals surface area contributed by atoms with Crippen molar-refractivity contribution in [2.24, 2.45) is 0 Å². The predicted molar refractivity (Wildman–Crippen MR) is 123 cm³/mol. The average molecular weight is 439 g/mol. The third-order valence-electron chi connectivity index (χ3n) is 4.76. The van der Waals surface area contributed by atoms with Crippen molar-refractivity contribution in [2.45, 2.75) is 31.1 Å². The number of rotatable bonds is 6. The number of sulfonamides is 1. The van der Waals surface area contributed by atoms with E-state index in [4.69, 9.17) is 4.74 Å². The lowest BCUT2D eigenvalue weighted by Gasteiger charge is -2.19. The van der Waals surface area contributed by atoms with Crippen molar-refractivity contribution in [2.75, 3.05) is 17.1 Å². The van der Waals surface area contributed by atoms with E-state index in [1.807, 2.05) is 12.1 Å². The van der Waals surface area contributed by atoms with Gasteiger partial charge < -0.3 is 10.1 Å². The normalized spacial score (nSPS) is 11.6. The van der Waals surface area contributed by atoms with E-state index in [-0.39, 0.29) is 16.2 Å². The van der Waals surface area contributed by atoms with Crippen molar-refractivity contribution in [3.8, 4) is 5.75 Å². The van der Waals surface area contributed by atoms with Crippen LogP contribution < -0.4 is 14.8 Å². The van der Waals surface area contributed by atoms with Crippen LogP contribution in [0.25, 0.3) is 0 Å². The maximum atomic E-state index is 12.6. The molecule has 0 spiro atoms. The van der Waals surface area contributed by atoms with Crippen LogP contribution >= 0.6 is 0 Å². The quantitative estimate of drug-likeness (QED) is 0.564. The minimum Gasteiger partial charge on any atom is -0.497 e. The number of nitrogens with one attached hydrogen (secondary N) is 2. The molecule has 7 heteroatoms. The van der Waals surface area contributed by atoms with E-state index in [2.05, 4.69) is 30.8 Å². The number of amides is 1. The van der Waals surface area contributed by atoms with Gasteiger partial charge in [0.2, 0.25) is 0 Å². The van der Waals surface area contributed by atoms with Gasteiger partial charge in [0.1, 0.15) is 5.75 Å². The van der Waals surface area contributed by atoms with E-state index in [1.54, 1.807) is 48.5 Å². The summed E-state index contributed by atoms with van der Waals surface area (Å²) in [6.07, 6.45) is 0. The summed E-state index contributed by atoms with van der Waals surface area (Å²) in [7, 11) is -2.26. The van der Waals surface area contributed by atoms with Gasteiger partial charge in [-0.15, -0.1) is 0 Å². The summed E-state index contributed by atoms with van der Waals surface area (Å²) >= 11 is 0. The Morgan fingerprint density at radius 2 is 1.52 bits per heavy atom. The molecule has 0 saturated carbocycles. The lowest BCUT2D eigenvalue weighted by Crippen LogP contribution is -2.15. The molecular formula is C24H26N2O4S. The number of methoxy groups -OCH3 is 1. The molecule has 3 rings (SSSR count). The summed E-state index contributed by atoms with van der Waals surface area (Å²) < 4.78 is 32.9. The van der Waals surface area contributed by atoms with E-state index in [9.17, 15) is 13.2 Å². The molecule has 0 aliphatic heterocycles. The van der Waals surface area contributed by atoms with Crippen LogP contribution in [-0.2, 0) is 15.4 Å². The van der Waals surface area contributed by atoms with Crippen LogP contribution in [0, 0.1) is 0 Å². The van der Waals surface area contributed by atoms with E-state index in [0.29, 0.717) is 22.7 Å². The molecule has 0 heterocycles. The maximum Gasteiger partial charge on any atom is 0.261 e. The molecule has 0 aliphatic carbocycles. The highest BCUT2D eigenvalue weighted by atomic mass is 32.2. The second-order valence-electron chi connectivity index (χ2n) is 8.14. The fourth-order valence-corrected chi connectivity index (χ4v) is 3.99. The fourth-order valence-electron chi connectivity index (χ4n) is 2.94. The molecule has 6 nitrogen and oxygen atoms in total. The first-order chi connectivity index (χ1) is 14.6. The van der Waals surface area contributed by atoms with Crippen molar-refractivity contribution in [3.63, 3.8) is 0 Å². The van der Waals surface area contributed by atoms with Crippen LogP contribution in [0.15, 0.2) is 77.7 Å². The maximum absolute atomic E-state index is 12.6. The lowest BCUT2D eigenvalue weighted by molar-refractivity contribution is 0.102. The Morgan fingerprint density at radius 3 is 2.10 bits per heavy atom. The molecule has 0 saturated heterocycles. The number of anilines is 2. The molecule has 0 aliphatic rings. The van der Waals surface area contributed by atoms with Crippen LogP contribution in [0.3, 0.4) is 0 Å². The molecule has 2 N–H and O–H groups in total. The largest absolute Gasteiger partial charge is 0.497 e. The highest BCUT2D eigenvalue weighted by Gasteiger charge is 2.16. The zero-order valence-electron chi connectivity index (χ0n) is 18.0. The Labute approximate surface area is 183 Å². The molecule has 3 aromatic carbocycles. The topological polar surface area (TPSA) is 84.5 Å². The molecular weight excluding hydrogens is 412 g/mol. The van der Waals surface area contributed by atoms with Crippen molar-refractivity contribution in [1.29, 1.82) is 0 Å². The van der Waals surface area contributed by atoms with Crippen LogP contribution in [-0.4, -0.2) is 21.4 Å². The Balaban J connectivity index is 1.69. The molecule has 3 aromatic rings. The molecule has 0 aromatic heterocycles. The van der Waals surface area contributed by atoms with Gasteiger partial charge in [-0.3, -0.25) is 9.52 Å². The van der Waals surface area contributed by atoms with Gasteiger partial charge >= 0.3 is 0 Å². The van der Waals surface area contributed by atoms with Crippen molar-refractivity contribution < 1.29 is 17.9 Å². The first kappa shape index (κ1) is 22.4. The molecule has 0 unspecified atom stereocenters. The van der Waals surface area contributed by atoms with Gasteiger partial charge in [0.05, 0.1) is 17.7 Å². The Bertz CT molecular complexity index is 1160. The van der Waals surface area contributed by atoms with Gasteiger partial charge in [-0.2, -0.15) is 0 Å². The zero-order chi connectivity index (χ0) is 22.6. The molecule has 1 amide bonds. The zero-order valence-corrected chi connectivity index (χ0v) is 18.8. The Hall–Kier alpha value is -3.32. The second-order valence-corrected chi connectivity index (χ2v) is 9.83. The highest BCUT2D eigenvalue weighted by Crippen LogP contribution is 2.24. The minimum atomic E-state index is -3.77. The summed E-state index contributed by atoms with van der Waals surface area (Å²) in [5.41, 5.74) is 2.59. The Morgan fingerprint density at radius 1 is 0.871 bits per heavy atom. The third-order valence-corrected chi connectivity index (χ3v) is 6.15. The minimum absolute atomic E-state index is 0.00917. The summed E-state index contributed by atoms with van der Waals surface area (Å²) in [5, 5.41) is 2.79. The fraction of sp³-hybridized carbons (Fsp3) is 0.208. The van der Waals surface area contributed by atoms with Crippen LogP contribution in [0.4, 0.5) is 11.4 Å². The Kier molecular flexibility index (Phi) is 6.36. The molecule has 0 fully saturated rings. The lowest BCUT2D eigenvalue weighted by atomic mass is 9.87. The predicted octanol–water partition coefficient (Wildman–Crippen LogP) is 5.05. The van der Waals surface area contributed by atoms with Gasteiger partial charge in [-0.05, 0) is 59.5 Å². The molecule has 31 heavy (non-hydrogen) atoms. The number of benzene rings is 3. The van der Waals surface area contributed by atoms with Gasteiger partial charge in [0.15, 0.2) is 0 Å². The number of ether oxygens (including phenoxy) is 1. The van der Waals surface area contributed by atoms with Gasteiger partial charge in [0.25, 0.3) is 15.9 Å². The third kappa shape index (κ3) is 5.64. The number of hydrogen-bond donors (Lipinski definition) is 2. The second kappa shape index (κ2) is 8.81. The first-order valence-electron chi connectivity index (χ1n) is 9.77. The van der Waals surface area contributed by atoms with Crippen molar-refractivity contribution in [3.05, 3.63) is 83.9 Å².